The maximum atomic E-state index is 11.0. The molecule has 0 atom stereocenters. The van der Waals surface area contributed by atoms with Gasteiger partial charge in [0.25, 0.3) is 0 Å². The molecule has 1 rings (SSSR count). The molecule has 0 aliphatic carbocycles. The van der Waals surface area contributed by atoms with Crippen LogP contribution in [0.4, 0.5) is 5.69 Å². The molecular weight excluding hydrogens is 153 g/mol. The van der Waals surface area contributed by atoms with Gasteiger partial charge in [0.05, 0.1) is 12.7 Å². The van der Waals surface area contributed by atoms with Crippen LogP contribution < -0.4 is 11.2 Å². The van der Waals surface area contributed by atoms with Crippen molar-refractivity contribution < 1.29 is 9.53 Å². The van der Waals surface area contributed by atoms with Gasteiger partial charge in [-0.15, -0.1) is 0 Å². The molecular formula is C8H8BNO2. The molecule has 0 bridgehead atoms. The molecule has 0 aliphatic rings. The van der Waals surface area contributed by atoms with Crippen LogP contribution in [0.5, 0.6) is 0 Å². The Morgan fingerprint density at radius 3 is 2.67 bits per heavy atom. The fraction of sp³-hybridized carbons (Fsp3) is 0.125. The first-order chi connectivity index (χ1) is 5.63. The maximum Gasteiger partial charge on any atom is 0.337 e. The lowest BCUT2D eigenvalue weighted by Gasteiger charge is -2.02. The third kappa shape index (κ3) is 1.78. The van der Waals surface area contributed by atoms with Crippen LogP contribution in [0.3, 0.4) is 0 Å². The molecule has 2 N–H and O–H groups in total. The molecule has 60 valence electrons. The van der Waals surface area contributed by atoms with Gasteiger partial charge in [-0.2, -0.15) is 0 Å². The number of carbonyl (C=O) groups is 1. The van der Waals surface area contributed by atoms with Crippen LogP contribution in [-0.2, 0) is 4.74 Å². The van der Waals surface area contributed by atoms with E-state index in [1.807, 2.05) is 0 Å². The van der Waals surface area contributed by atoms with E-state index in [0.717, 1.165) is 0 Å². The number of nitrogen functional groups attached to an aromatic ring is 1. The Morgan fingerprint density at radius 2 is 2.17 bits per heavy atom. The predicted molar refractivity (Wildman–Crippen MR) is 47.6 cm³/mol. The molecule has 0 aliphatic heterocycles. The van der Waals surface area contributed by atoms with E-state index in [0.29, 0.717) is 16.7 Å². The van der Waals surface area contributed by atoms with Crippen molar-refractivity contribution in [2.75, 3.05) is 12.8 Å². The molecule has 0 aromatic heterocycles. The van der Waals surface area contributed by atoms with Gasteiger partial charge in [-0.3, -0.25) is 0 Å². The molecule has 0 spiro atoms. The zero-order valence-electron chi connectivity index (χ0n) is 6.70. The number of ether oxygens (including phenoxy) is 1. The molecule has 4 heteroatoms. The summed E-state index contributed by atoms with van der Waals surface area (Å²) in [5.41, 5.74) is 6.74. The van der Waals surface area contributed by atoms with Crippen LogP contribution in [-0.4, -0.2) is 20.9 Å². The normalized spacial score (nSPS) is 9.42. The van der Waals surface area contributed by atoms with Crippen molar-refractivity contribution in [3.63, 3.8) is 0 Å². The molecule has 0 amide bonds. The summed E-state index contributed by atoms with van der Waals surface area (Å²) in [6.45, 7) is 0. The van der Waals surface area contributed by atoms with Gasteiger partial charge >= 0.3 is 5.97 Å². The van der Waals surface area contributed by atoms with E-state index in [-0.39, 0.29) is 0 Å². The first kappa shape index (κ1) is 8.65. The number of nitrogens with two attached hydrogens (primary N) is 1. The second-order valence-electron chi connectivity index (χ2n) is 2.38. The molecule has 0 fully saturated rings. The third-order valence-electron chi connectivity index (χ3n) is 1.40. The maximum absolute atomic E-state index is 11.0. The highest BCUT2D eigenvalue weighted by Crippen LogP contribution is 2.05. The molecule has 0 saturated heterocycles. The largest absolute Gasteiger partial charge is 0.465 e. The van der Waals surface area contributed by atoms with Crippen LogP contribution in [0, 0.1) is 0 Å². The summed E-state index contributed by atoms with van der Waals surface area (Å²) in [6, 6.07) is 4.61. The highest BCUT2D eigenvalue weighted by Gasteiger charge is 2.05. The topological polar surface area (TPSA) is 52.3 Å². The lowest BCUT2D eigenvalue weighted by Crippen LogP contribution is -2.10. The van der Waals surface area contributed by atoms with E-state index in [4.69, 9.17) is 13.6 Å². The fourth-order valence-electron chi connectivity index (χ4n) is 0.912. The first-order valence-electron chi connectivity index (χ1n) is 3.38. The average Bonchev–Trinajstić information content (AvgIpc) is 2.01. The summed E-state index contributed by atoms with van der Waals surface area (Å²) in [4.78, 5) is 11.0. The summed E-state index contributed by atoms with van der Waals surface area (Å²) in [5.74, 6) is -0.436. The van der Waals surface area contributed by atoms with E-state index < -0.39 is 5.97 Å². The average molecular weight is 161 g/mol. The van der Waals surface area contributed by atoms with Gasteiger partial charge in [0.15, 0.2) is 0 Å². The Bertz CT molecular complexity index is 292. The Kier molecular flexibility index (Phi) is 2.38. The second-order valence-corrected chi connectivity index (χ2v) is 2.38. The molecule has 0 heterocycles. The van der Waals surface area contributed by atoms with Crippen LogP contribution in [0.1, 0.15) is 10.4 Å². The summed E-state index contributed by atoms with van der Waals surface area (Å²) in [7, 11) is 6.77. The highest BCUT2D eigenvalue weighted by molar-refractivity contribution is 6.33. The number of methoxy groups -OCH3 is 1. The van der Waals surface area contributed by atoms with Crippen LogP contribution in [0.2, 0.25) is 0 Å². The van der Waals surface area contributed by atoms with E-state index in [1.54, 1.807) is 6.07 Å². The molecule has 1 aromatic carbocycles. The Hall–Kier alpha value is -1.45. The third-order valence-corrected chi connectivity index (χ3v) is 1.40. The summed E-state index contributed by atoms with van der Waals surface area (Å²) in [5, 5.41) is 0. The number of esters is 1. The predicted octanol–water partition coefficient (Wildman–Crippen LogP) is -0.151. The fourth-order valence-corrected chi connectivity index (χ4v) is 0.912. The molecule has 0 unspecified atom stereocenters. The van der Waals surface area contributed by atoms with E-state index >= 15 is 0 Å². The smallest absolute Gasteiger partial charge is 0.337 e. The van der Waals surface area contributed by atoms with Crippen LogP contribution in [0.25, 0.3) is 0 Å². The minimum absolute atomic E-state index is 0.370. The lowest BCUT2D eigenvalue weighted by molar-refractivity contribution is 0.0601. The molecule has 1 aromatic rings. The van der Waals surface area contributed by atoms with Crippen molar-refractivity contribution >= 4 is 25.0 Å². The van der Waals surface area contributed by atoms with E-state index in [1.165, 1.54) is 19.2 Å². The molecule has 12 heavy (non-hydrogen) atoms. The van der Waals surface area contributed by atoms with Gasteiger partial charge in [0.2, 0.25) is 0 Å². The SMILES string of the molecule is [B]c1cc(N)cc(C(=O)OC)c1. The van der Waals surface area contributed by atoms with E-state index in [2.05, 4.69) is 4.74 Å². The minimum Gasteiger partial charge on any atom is -0.465 e. The highest BCUT2D eigenvalue weighted by atomic mass is 16.5. The monoisotopic (exact) mass is 161 g/mol. The molecule has 2 radical (unpaired) electrons. The van der Waals surface area contributed by atoms with Gasteiger partial charge in [-0.05, 0) is 12.1 Å². The van der Waals surface area contributed by atoms with Crippen molar-refractivity contribution in [1.82, 2.24) is 0 Å². The van der Waals surface area contributed by atoms with Crippen LogP contribution >= 0.6 is 0 Å². The summed E-state index contributed by atoms with van der Waals surface area (Å²) in [6.07, 6.45) is 0. The quantitative estimate of drug-likeness (QED) is 0.354. The van der Waals surface area contributed by atoms with Crippen molar-refractivity contribution in [3.8, 4) is 0 Å². The summed E-state index contributed by atoms with van der Waals surface area (Å²) >= 11 is 0. The van der Waals surface area contributed by atoms with Gasteiger partial charge in [0.1, 0.15) is 7.85 Å². The second kappa shape index (κ2) is 3.30. The van der Waals surface area contributed by atoms with Crippen LogP contribution in [0.15, 0.2) is 18.2 Å². The number of rotatable bonds is 1. The number of hydrogen-bond acceptors (Lipinski definition) is 3. The number of carbonyl (C=O) groups excluding carboxylic acids is 1. The first-order valence-corrected chi connectivity index (χ1v) is 3.38. The van der Waals surface area contributed by atoms with Crippen molar-refractivity contribution in [2.45, 2.75) is 0 Å². The lowest BCUT2D eigenvalue weighted by atomic mass is 9.94. The number of hydrogen-bond donors (Lipinski definition) is 1. The van der Waals surface area contributed by atoms with Gasteiger partial charge in [0, 0.05) is 5.69 Å². The molecule has 3 nitrogen and oxygen atoms in total. The zero-order valence-corrected chi connectivity index (χ0v) is 6.70. The van der Waals surface area contributed by atoms with Crippen molar-refractivity contribution in [1.29, 1.82) is 0 Å². The van der Waals surface area contributed by atoms with Gasteiger partial charge in [-0.25, -0.2) is 4.79 Å². The Morgan fingerprint density at radius 1 is 1.50 bits per heavy atom. The zero-order chi connectivity index (χ0) is 9.14. The van der Waals surface area contributed by atoms with E-state index in [9.17, 15) is 4.79 Å². The standard InChI is InChI=1S/C8H8BNO2/c1-12-8(11)5-2-6(9)4-7(10)3-5/h2-4H,10H2,1H3. The Labute approximate surface area is 71.9 Å². The number of benzene rings is 1. The summed E-state index contributed by atoms with van der Waals surface area (Å²) < 4.78 is 4.50. The molecule has 0 saturated carbocycles. The van der Waals surface area contributed by atoms with Crippen molar-refractivity contribution in [3.05, 3.63) is 23.8 Å². The number of anilines is 1. The Balaban J connectivity index is 3.08. The van der Waals surface area contributed by atoms with Gasteiger partial charge < -0.3 is 10.5 Å². The van der Waals surface area contributed by atoms with Gasteiger partial charge in [-0.1, -0.05) is 11.5 Å². The van der Waals surface area contributed by atoms with Crippen molar-refractivity contribution in [2.24, 2.45) is 0 Å². The minimum atomic E-state index is -0.436.